The maximum Gasteiger partial charge on any atom is 0.313 e. The summed E-state index contributed by atoms with van der Waals surface area (Å²) in [4.78, 5) is 11.7. The zero-order valence-electron chi connectivity index (χ0n) is 12.3. The second-order valence-corrected chi connectivity index (χ2v) is 6.37. The highest BCUT2D eigenvalue weighted by atomic mass is 16.5. The first-order chi connectivity index (χ1) is 9.32. The van der Waals surface area contributed by atoms with Crippen molar-refractivity contribution in [3.63, 3.8) is 0 Å². The molecule has 1 atom stereocenters. The highest BCUT2D eigenvalue weighted by molar-refractivity contribution is 5.76. The lowest BCUT2D eigenvalue weighted by Gasteiger charge is -2.35. The molecule has 0 saturated heterocycles. The zero-order valence-corrected chi connectivity index (χ0v) is 12.3. The van der Waals surface area contributed by atoms with Gasteiger partial charge in [0.05, 0.1) is 5.60 Å². The molecule has 1 aliphatic rings. The first-order valence-corrected chi connectivity index (χ1v) is 6.90. The summed E-state index contributed by atoms with van der Waals surface area (Å²) in [5, 5.41) is 9.61. The summed E-state index contributed by atoms with van der Waals surface area (Å²) in [5.74, 6) is -0.0226. The molecule has 0 saturated carbocycles. The lowest BCUT2D eigenvalue weighted by Crippen LogP contribution is -2.43. The van der Waals surface area contributed by atoms with E-state index in [9.17, 15) is 9.90 Å². The highest BCUT2D eigenvalue weighted by Gasteiger charge is 2.43. The minimum atomic E-state index is -0.889. The van der Waals surface area contributed by atoms with Gasteiger partial charge < -0.3 is 14.6 Å². The Morgan fingerprint density at radius 2 is 2.10 bits per heavy atom. The number of aliphatic carboxylic acids is 1. The average molecular weight is 278 g/mol. The Labute approximate surface area is 119 Å². The Morgan fingerprint density at radius 3 is 2.75 bits per heavy atom. The summed E-state index contributed by atoms with van der Waals surface area (Å²) in [6.45, 7) is 6.52. The van der Waals surface area contributed by atoms with Crippen molar-refractivity contribution in [3.8, 4) is 5.75 Å². The van der Waals surface area contributed by atoms with Crippen LogP contribution in [0.25, 0.3) is 0 Å². The molecular weight excluding hydrogens is 256 g/mol. The van der Waals surface area contributed by atoms with Gasteiger partial charge in [0.1, 0.15) is 17.8 Å². The number of carbonyl (C=O) groups is 1. The summed E-state index contributed by atoms with van der Waals surface area (Å²) in [7, 11) is 0. The SMILES string of the molecule is CC(C)(C)OCCC1(C(=O)O)COc2ccccc2C1. The molecule has 0 amide bonds. The standard InChI is InChI=1S/C16H22O4/c1-15(2,3)20-9-8-16(14(17)18)10-12-6-4-5-7-13(12)19-11-16/h4-7H,8-11H2,1-3H3,(H,17,18). The van der Waals surface area contributed by atoms with E-state index in [1.54, 1.807) is 0 Å². The molecule has 1 aliphatic heterocycles. The molecule has 1 N–H and O–H groups in total. The molecule has 0 aromatic heterocycles. The molecule has 0 spiro atoms. The molecule has 1 aromatic rings. The highest BCUT2D eigenvalue weighted by Crippen LogP contribution is 2.37. The molecule has 4 heteroatoms. The van der Waals surface area contributed by atoms with E-state index < -0.39 is 11.4 Å². The number of benzene rings is 1. The Kier molecular flexibility index (Phi) is 4.04. The van der Waals surface area contributed by atoms with Gasteiger partial charge in [-0.25, -0.2) is 0 Å². The normalized spacial score (nSPS) is 21.9. The summed E-state index contributed by atoms with van der Waals surface area (Å²) in [6.07, 6.45) is 0.944. The van der Waals surface area contributed by atoms with Crippen molar-refractivity contribution in [1.82, 2.24) is 0 Å². The second-order valence-electron chi connectivity index (χ2n) is 6.37. The Bertz CT molecular complexity index is 489. The van der Waals surface area contributed by atoms with Gasteiger partial charge in [-0.2, -0.15) is 0 Å². The van der Waals surface area contributed by atoms with Gasteiger partial charge in [-0.15, -0.1) is 0 Å². The van der Waals surface area contributed by atoms with Crippen LogP contribution in [-0.2, 0) is 16.0 Å². The fraction of sp³-hybridized carbons (Fsp3) is 0.562. The van der Waals surface area contributed by atoms with Crippen molar-refractivity contribution in [2.24, 2.45) is 5.41 Å². The van der Waals surface area contributed by atoms with Crippen LogP contribution >= 0.6 is 0 Å². The van der Waals surface area contributed by atoms with Crippen molar-refractivity contribution < 1.29 is 19.4 Å². The Balaban J connectivity index is 2.11. The molecular formula is C16H22O4. The van der Waals surface area contributed by atoms with E-state index in [0.717, 1.165) is 11.3 Å². The minimum absolute atomic E-state index is 0.201. The molecule has 0 bridgehead atoms. The third kappa shape index (κ3) is 3.31. The summed E-state index contributed by atoms with van der Waals surface area (Å²) >= 11 is 0. The van der Waals surface area contributed by atoms with Gasteiger partial charge in [-0.3, -0.25) is 4.79 Å². The van der Waals surface area contributed by atoms with Crippen molar-refractivity contribution in [3.05, 3.63) is 29.8 Å². The molecule has 2 rings (SSSR count). The minimum Gasteiger partial charge on any atom is -0.492 e. The third-order valence-electron chi connectivity index (χ3n) is 3.57. The van der Waals surface area contributed by atoms with Crippen LogP contribution in [0.4, 0.5) is 0 Å². The fourth-order valence-corrected chi connectivity index (χ4v) is 2.38. The van der Waals surface area contributed by atoms with E-state index in [2.05, 4.69) is 0 Å². The van der Waals surface area contributed by atoms with Gasteiger partial charge in [0.15, 0.2) is 0 Å². The largest absolute Gasteiger partial charge is 0.492 e. The molecule has 4 nitrogen and oxygen atoms in total. The average Bonchev–Trinajstić information content (AvgIpc) is 2.37. The first-order valence-electron chi connectivity index (χ1n) is 6.90. The Morgan fingerprint density at radius 1 is 1.40 bits per heavy atom. The maximum absolute atomic E-state index is 11.7. The summed E-state index contributed by atoms with van der Waals surface area (Å²) in [6, 6.07) is 7.62. The molecule has 110 valence electrons. The topological polar surface area (TPSA) is 55.8 Å². The number of para-hydroxylation sites is 1. The predicted octanol–water partition coefficient (Wildman–Crippen LogP) is 2.90. The van der Waals surface area contributed by atoms with Crippen LogP contribution < -0.4 is 4.74 Å². The second kappa shape index (κ2) is 5.44. The molecule has 1 unspecified atom stereocenters. The number of rotatable bonds is 4. The van der Waals surface area contributed by atoms with Gasteiger partial charge in [0.25, 0.3) is 0 Å². The van der Waals surface area contributed by atoms with Crippen molar-refractivity contribution in [2.75, 3.05) is 13.2 Å². The van der Waals surface area contributed by atoms with Crippen LogP contribution in [0.2, 0.25) is 0 Å². The Hall–Kier alpha value is -1.55. The quantitative estimate of drug-likeness (QED) is 0.920. The number of hydrogen-bond acceptors (Lipinski definition) is 3. The van der Waals surface area contributed by atoms with E-state index in [1.165, 1.54) is 0 Å². The molecule has 1 heterocycles. The molecule has 0 radical (unpaired) electrons. The van der Waals surface area contributed by atoms with E-state index >= 15 is 0 Å². The summed E-state index contributed by atoms with van der Waals surface area (Å²) < 4.78 is 11.3. The summed E-state index contributed by atoms with van der Waals surface area (Å²) in [5.41, 5.74) is -0.191. The predicted molar refractivity (Wildman–Crippen MR) is 76.0 cm³/mol. The molecule has 20 heavy (non-hydrogen) atoms. The molecule has 1 aromatic carbocycles. The van der Waals surface area contributed by atoms with E-state index in [4.69, 9.17) is 9.47 Å². The molecule has 0 fully saturated rings. The lowest BCUT2D eigenvalue weighted by molar-refractivity contribution is -0.154. The van der Waals surface area contributed by atoms with Crippen molar-refractivity contribution >= 4 is 5.97 Å². The third-order valence-corrected chi connectivity index (χ3v) is 3.57. The number of fused-ring (bicyclic) bond motifs is 1. The van der Waals surface area contributed by atoms with Crippen molar-refractivity contribution in [1.29, 1.82) is 0 Å². The van der Waals surface area contributed by atoms with Gasteiger partial charge in [-0.05, 0) is 45.2 Å². The number of carboxylic acid groups (broad SMARTS) is 1. The number of ether oxygens (including phenoxy) is 2. The van der Waals surface area contributed by atoms with Crippen LogP contribution in [0, 0.1) is 5.41 Å². The van der Waals surface area contributed by atoms with Crippen molar-refractivity contribution in [2.45, 2.75) is 39.2 Å². The monoisotopic (exact) mass is 278 g/mol. The first kappa shape index (κ1) is 14.9. The molecule has 0 aliphatic carbocycles. The number of carboxylic acids is 1. The van der Waals surface area contributed by atoms with Gasteiger partial charge in [0, 0.05) is 6.61 Å². The van der Waals surface area contributed by atoms with Crippen LogP contribution in [-0.4, -0.2) is 29.9 Å². The smallest absolute Gasteiger partial charge is 0.313 e. The van der Waals surface area contributed by atoms with Gasteiger partial charge in [-0.1, -0.05) is 18.2 Å². The van der Waals surface area contributed by atoms with E-state index in [-0.39, 0.29) is 12.2 Å². The number of hydrogen-bond donors (Lipinski definition) is 1. The van der Waals surface area contributed by atoms with E-state index in [1.807, 2.05) is 45.0 Å². The zero-order chi connectivity index (χ0) is 14.8. The van der Waals surface area contributed by atoms with Crippen LogP contribution in [0.15, 0.2) is 24.3 Å². The van der Waals surface area contributed by atoms with Crippen LogP contribution in [0.5, 0.6) is 5.75 Å². The maximum atomic E-state index is 11.7. The van der Waals surface area contributed by atoms with Gasteiger partial charge in [0.2, 0.25) is 0 Å². The lowest BCUT2D eigenvalue weighted by atomic mass is 9.78. The van der Waals surface area contributed by atoms with Gasteiger partial charge >= 0.3 is 5.97 Å². The van der Waals surface area contributed by atoms with Crippen LogP contribution in [0.1, 0.15) is 32.8 Å². The van der Waals surface area contributed by atoms with Crippen LogP contribution in [0.3, 0.4) is 0 Å². The van der Waals surface area contributed by atoms with E-state index in [0.29, 0.717) is 19.4 Å². The fourth-order valence-electron chi connectivity index (χ4n) is 2.38.